The molecule has 0 radical (unpaired) electrons. The van der Waals surface area contributed by atoms with Gasteiger partial charge < -0.3 is 5.32 Å². The van der Waals surface area contributed by atoms with Crippen LogP contribution in [0.25, 0.3) is 0 Å². The molecule has 0 aromatic carbocycles. The highest BCUT2D eigenvalue weighted by Crippen LogP contribution is 2.30. The van der Waals surface area contributed by atoms with Crippen molar-refractivity contribution >= 4 is 0 Å². The van der Waals surface area contributed by atoms with Gasteiger partial charge in [-0.1, -0.05) is 27.7 Å². The van der Waals surface area contributed by atoms with Crippen molar-refractivity contribution in [1.29, 1.82) is 0 Å². The lowest BCUT2D eigenvalue weighted by atomic mass is 9.78. The standard InChI is InChI=1S/C11H23N/c1-9(11(2,3)4)8-10-6-5-7-12-10/h9-10,12H,5-8H2,1-4H3. The monoisotopic (exact) mass is 169 g/mol. The van der Waals surface area contributed by atoms with Crippen molar-refractivity contribution in [3.63, 3.8) is 0 Å². The summed E-state index contributed by atoms with van der Waals surface area (Å²) in [6.45, 7) is 10.6. The van der Waals surface area contributed by atoms with Gasteiger partial charge in [0.15, 0.2) is 0 Å². The van der Waals surface area contributed by atoms with Crippen LogP contribution >= 0.6 is 0 Å². The molecular weight excluding hydrogens is 146 g/mol. The molecule has 1 rings (SSSR count). The summed E-state index contributed by atoms with van der Waals surface area (Å²) < 4.78 is 0. The lowest BCUT2D eigenvalue weighted by Crippen LogP contribution is -2.28. The highest BCUT2D eigenvalue weighted by atomic mass is 14.9. The van der Waals surface area contributed by atoms with Crippen LogP contribution in [0.1, 0.15) is 47.0 Å². The number of rotatable bonds is 2. The van der Waals surface area contributed by atoms with Crippen molar-refractivity contribution in [2.45, 2.75) is 53.0 Å². The van der Waals surface area contributed by atoms with E-state index in [1.165, 1.54) is 25.8 Å². The maximum atomic E-state index is 3.56. The Kier molecular flexibility index (Phi) is 3.16. The molecule has 1 aliphatic rings. The zero-order valence-electron chi connectivity index (χ0n) is 8.98. The van der Waals surface area contributed by atoms with E-state index in [9.17, 15) is 0 Å². The molecule has 2 unspecified atom stereocenters. The van der Waals surface area contributed by atoms with Gasteiger partial charge >= 0.3 is 0 Å². The van der Waals surface area contributed by atoms with Gasteiger partial charge in [-0.2, -0.15) is 0 Å². The summed E-state index contributed by atoms with van der Waals surface area (Å²) in [5.74, 6) is 0.827. The molecule has 1 saturated heterocycles. The zero-order valence-corrected chi connectivity index (χ0v) is 8.98. The summed E-state index contributed by atoms with van der Waals surface area (Å²) in [5, 5.41) is 3.56. The van der Waals surface area contributed by atoms with E-state index in [2.05, 4.69) is 33.0 Å². The summed E-state index contributed by atoms with van der Waals surface area (Å²) in [6.07, 6.45) is 4.12. The van der Waals surface area contributed by atoms with Gasteiger partial charge in [-0.3, -0.25) is 0 Å². The second-order valence-corrected chi connectivity index (χ2v) is 5.30. The molecule has 1 aliphatic heterocycles. The first-order chi connectivity index (χ1) is 5.50. The van der Waals surface area contributed by atoms with Gasteiger partial charge in [0, 0.05) is 6.04 Å². The Balaban J connectivity index is 2.30. The predicted molar refractivity (Wildman–Crippen MR) is 54.3 cm³/mol. The van der Waals surface area contributed by atoms with Crippen LogP contribution in [0.4, 0.5) is 0 Å². The molecule has 0 saturated carbocycles. The predicted octanol–water partition coefficient (Wildman–Crippen LogP) is 2.81. The van der Waals surface area contributed by atoms with E-state index >= 15 is 0 Å². The second kappa shape index (κ2) is 3.78. The van der Waals surface area contributed by atoms with Crippen LogP contribution in [-0.2, 0) is 0 Å². The second-order valence-electron chi connectivity index (χ2n) is 5.30. The Morgan fingerprint density at radius 2 is 2.08 bits per heavy atom. The fourth-order valence-corrected chi connectivity index (χ4v) is 1.74. The van der Waals surface area contributed by atoms with Gasteiger partial charge in [0.1, 0.15) is 0 Å². The summed E-state index contributed by atoms with van der Waals surface area (Å²) >= 11 is 0. The number of nitrogens with one attached hydrogen (secondary N) is 1. The van der Waals surface area contributed by atoms with Gasteiger partial charge in [-0.25, -0.2) is 0 Å². The van der Waals surface area contributed by atoms with Gasteiger partial charge in [-0.15, -0.1) is 0 Å². The van der Waals surface area contributed by atoms with Crippen LogP contribution in [0, 0.1) is 11.3 Å². The molecule has 0 amide bonds. The molecule has 0 bridgehead atoms. The number of hydrogen-bond acceptors (Lipinski definition) is 1. The lowest BCUT2D eigenvalue weighted by molar-refractivity contribution is 0.228. The van der Waals surface area contributed by atoms with E-state index in [0.717, 1.165) is 12.0 Å². The molecule has 0 aromatic heterocycles. The van der Waals surface area contributed by atoms with E-state index < -0.39 is 0 Å². The fraction of sp³-hybridized carbons (Fsp3) is 1.00. The molecule has 0 spiro atoms. The summed E-state index contributed by atoms with van der Waals surface area (Å²) in [7, 11) is 0. The Hall–Kier alpha value is -0.0400. The van der Waals surface area contributed by atoms with Crippen molar-refractivity contribution in [3.05, 3.63) is 0 Å². The molecular formula is C11H23N. The molecule has 1 heteroatoms. The summed E-state index contributed by atoms with van der Waals surface area (Å²) in [5.41, 5.74) is 0.476. The molecule has 2 atom stereocenters. The van der Waals surface area contributed by atoms with Gasteiger partial charge in [0.2, 0.25) is 0 Å². The lowest BCUT2D eigenvalue weighted by Gasteiger charge is -2.29. The maximum absolute atomic E-state index is 3.56. The molecule has 0 aromatic rings. The Bertz CT molecular complexity index is 128. The maximum Gasteiger partial charge on any atom is 0.00702 e. The summed E-state index contributed by atoms with van der Waals surface area (Å²) in [4.78, 5) is 0. The average molecular weight is 169 g/mol. The topological polar surface area (TPSA) is 12.0 Å². The van der Waals surface area contributed by atoms with E-state index in [-0.39, 0.29) is 0 Å². The first-order valence-electron chi connectivity index (χ1n) is 5.23. The van der Waals surface area contributed by atoms with Crippen molar-refractivity contribution < 1.29 is 0 Å². The third-order valence-electron chi connectivity index (χ3n) is 3.28. The van der Waals surface area contributed by atoms with Crippen molar-refractivity contribution in [1.82, 2.24) is 5.32 Å². The molecule has 1 N–H and O–H groups in total. The van der Waals surface area contributed by atoms with Crippen LogP contribution in [0.3, 0.4) is 0 Å². The Labute approximate surface area is 76.9 Å². The summed E-state index contributed by atoms with van der Waals surface area (Å²) in [6, 6.07) is 0.805. The third-order valence-corrected chi connectivity index (χ3v) is 3.28. The third kappa shape index (κ3) is 2.78. The van der Waals surface area contributed by atoms with E-state index in [1.807, 2.05) is 0 Å². The molecule has 12 heavy (non-hydrogen) atoms. The number of hydrogen-bond donors (Lipinski definition) is 1. The minimum Gasteiger partial charge on any atom is -0.314 e. The van der Waals surface area contributed by atoms with Crippen LogP contribution in [0.2, 0.25) is 0 Å². The van der Waals surface area contributed by atoms with E-state index in [4.69, 9.17) is 0 Å². The first kappa shape index (κ1) is 10.0. The van der Waals surface area contributed by atoms with E-state index in [0.29, 0.717) is 5.41 Å². The van der Waals surface area contributed by atoms with E-state index in [1.54, 1.807) is 0 Å². The van der Waals surface area contributed by atoms with Gasteiger partial charge in [-0.05, 0) is 37.1 Å². The highest BCUT2D eigenvalue weighted by molar-refractivity contribution is 4.80. The largest absolute Gasteiger partial charge is 0.314 e. The molecule has 1 fully saturated rings. The van der Waals surface area contributed by atoms with Crippen molar-refractivity contribution in [3.8, 4) is 0 Å². The fourth-order valence-electron chi connectivity index (χ4n) is 1.74. The first-order valence-corrected chi connectivity index (χ1v) is 5.23. The minimum atomic E-state index is 0.476. The van der Waals surface area contributed by atoms with Crippen LogP contribution in [0.5, 0.6) is 0 Å². The van der Waals surface area contributed by atoms with Crippen molar-refractivity contribution in [2.75, 3.05) is 6.54 Å². The average Bonchev–Trinajstić information content (AvgIpc) is 2.37. The highest BCUT2D eigenvalue weighted by Gasteiger charge is 2.24. The van der Waals surface area contributed by atoms with Gasteiger partial charge in [0.05, 0.1) is 0 Å². The Morgan fingerprint density at radius 1 is 1.42 bits per heavy atom. The quantitative estimate of drug-likeness (QED) is 0.670. The zero-order chi connectivity index (χ0) is 9.19. The minimum absolute atomic E-state index is 0.476. The van der Waals surface area contributed by atoms with Crippen molar-refractivity contribution in [2.24, 2.45) is 11.3 Å². The Morgan fingerprint density at radius 3 is 2.50 bits per heavy atom. The smallest absolute Gasteiger partial charge is 0.00702 e. The van der Waals surface area contributed by atoms with Gasteiger partial charge in [0.25, 0.3) is 0 Å². The molecule has 1 nitrogen and oxygen atoms in total. The molecule has 1 heterocycles. The van der Waals surface area contributed by atoms with Crippen LogP contribution in [-0.4, -0.2) is 12.6 Å². The normalized spacial score (nSPS) is 27.5. The SMILES string of the molecule is CC(CC1CCCN1)C(C)(C)C. The molecule has 0 aliphatic carbocycles. The molecule has 72 valence electrons. The van der Waals surface area contributed by atoms with Crippen LogP contribution < -0.4 is 5.32 Å². The van der Waals surface area contributed by atoms with Crippen LogP contribution in [0.15, 0.2) is 0 Å².